The lowest BCUT2D eigenvalue weighted by molar-refractivity contribution is -0.384. The second-order valence-corrected chi connectivity index (χ2v) is 5.38. The SMILES string of the molecule is CCOc1cccc(NCc2ccc(N(C)C)c(F)c2)c1[N+](=O)[O-]. The number of hydrogen-bond acceptors (Lipinski definition) is 5. The van der Waals surface area contributed by atoms with Crippen molar-refractivity contribution < 1.29 is 14.1 Å². The van der Waals surface area contributed by atoms with E-state index < -0.39 is 4.92 Å². The number of halogens is 1. The molecule has 0 radical (unpaired) electrons. The molecule has 0 saturated carbocycles. The number of nitro benzene ring substituents is 1. The molecule has 0 aromatic heterocycles. The van der Waals surface area contributed by atoms with Gasteiger partial charge in [0, 0.05) is 20.6 Å². The Morgan fingerprint density at radius 1 is 1.29 bits per heavy atom. The molecule has 0 unspecified atom stereocenters. The fourth-order valence-electron chi connectivity index (χ4n) is 2.35. The van der Waals surface area contributed by atoms with Crippen LogP contribution in [0, 0.1) is 15.9 Å². The molecule has 6 nitrogen and oxygen atoms in total. The Kier molecular flexibility index (Phi) is 5.57. The lowest BCUT2D eigenvalue weighted by Crippen LogP contribution is -2.11. The molecule has 0 aliphatic carbocycles. The van der Waals surface area contributed by atoms with Crippen LogP contribution in [0.15, 0.2) is 36.4 Å². The first-order chi connectivity index (χ1) is 11.4. The van der Waals surface area contributed by atoms with Gasteiger partial charge in [-0.05, 0) is 36.8 Å². The zero-order valence-corrected chi connectivity index (χ0v) is 13.9. The van der Waals surface area contributed by atoms with E-state index in [-0.39, 0.29) is 23.8 Å². The molecule has 2 rings (SSSR count). The smallest absolute Gasteiger partial charge is 0.333 e. The van der Waals surface area contributed by atoms with Crippen molar-refractivity contribution >= 4 is 17.1 Å². The van der Waals surface area contributed by atoms with Gasteiger partial charge in [-0.25, -0.2) is 4.39 Å². The van der Waals surface area contributed by atoms with Crippen LogP contribution in [-0.2, 0) is 6.54 Å². The minimum atomic E-state index is -0.483. The van der Waals surface area contributed by atoms with Gasteiger partial charge in [0.25, 0.3) is 0 Å². The van der Waals surface area contributed by atoms with Crippen LogP contribution in [0.1, 0.15) is 12.5 Å². The molecule has 0 heterocycles. The van der Waals surface area contributed by atoms with Crippen LogP contribution in [0.25, 0.3) is 0 Å². The maximum absolute atomic E-state index is 14.0. The normalized spacial score (nSPS) is 10.3. The first-order valence-electron chi connectivity index (χ1n) is 7.53. The third kappa shape index (κ3) is 3.92. The average Bonchev–Trinajstić information content (AvgIpc) is 2.52. The van der Waals surface area contributed by atoms with Crippen LogP contribution in [0.3, 0.4) is 0 Å². The summed E-state index contributed by atoms with van der Waals surface area (Å²) in [5.41, 5.74) is 1.39. The van der Waals surface area contributed by atoms with Crippen LogP contribution >= 0.6 is 0 Å². The second-order valence-electron chi connectivity index (χ2n) is 5.38. The summed E-state index contributed by atoms with van der Waals surface area (Å²) >= 11 is 0. The largest absolute Gasteiger partial charge is 0.487 e. The maximum Gasteiger partial charge on any atom is 0.333 e. The zero-order valence-electron chi connectivity index (χ0n) is 13.9. The fraction of sp³-hybridized carbons (Fsp3) is 0.294. The van der Waals surface area contributed by atoms with E-state index in [0.717, 1.165) is 0 Å². The van der Waals surface area contributed by atoms with Crippen molar-refractivity contribution in [2.24, 2.45) is 0 Å². The molecular weight excluding hydrogens is 313 g/mol. The van der Waals surface area contributed by atoms with Gasteiger partial charge in [0.05, 0.1) is 17.2 Å². The standard InChI is InChI=1S/C17H20FN3O3/c1-4-24-16-7-5-6-14(17(16)21(22)23)19-11-12-8-9-15(20(2)3)13(18)10-12/h5-10,19H,4,11H2,1-3H3. The van der Waals surface area contributed by atoms with Crippen molar-refractivity contribution in [1.82, 2.24) is 0 Å². The third-order valence-electron chi connectivity index (χ3n) is 3.46. The van der Waals surface area contributed by atoms with Gasteiger partial charge in [0.2, 0.25) is 0 Å². The quantitative estimate of drug-likeness (QED) is 0.616. The van der Waals surface area contributed by atoms with Crippen LogP contribution in [0.2, 0.25) is 0 Å². The molecule has 0 aliphatic heterocycles. The van der Waals surface area contributed by atoms with Crippen molar-refractivity contribution in [2.75, 3.05) is 30.9 Å². The molecule has 0 fully saturated rings. The van der Waals surface area contributed by atoms with Gasteiger partial charge >= 0.3 is 5.69 Å². The Morgan fingerprint density at radius 2 is 2.04 bits per heavy atom. The number of ether oxygens (including phenoxy) is 1. The Hall–Kier alpha value is -2.83. The monoisotopic (exact) mass is 333 g/mol. The number of rotatable bonds is 7. The van der Waals surface area contributed by atoms with Crippen molar-refractivity contribution in [1.29, 1.82) is 0 Å². The first-order valence-corrected chi connectivity index (χ1v) is 7.53. The highest BCUT2D eigenvalue weighted by Gasteiger charge is 2.20. The Balaban J connectivity index is 2.22. The van der Waals surface area contributed by atoms with Crippen LogP contribution in [0.5, 0.6) is 5.75 Å². The molecule has 2 aromatic rings. The third-order valence-corrected chi connectivity index (χ3v) is 3.46. The number of benzene rings is 2. The lowest BCUT2D eigenvalue weighted by atomic mass is 10.1. The van der Waals surface area contributed by atoms with Crippen LogP contribution < -0.4 is 15.0 Å². The topological polar surface area (TPSA) is 67.6 Å². The predicted octanol–water partition coefficient (Wildman–Crippen LogP) is 3.81. The van der Waals surface area contributed by atoms with E-state index in [0.29, 0.717) is 23.5 Å². The molecule has 0 atom stereocenters. The summed E-state index contributed by atoms with van der Waals surface area (Å²) in [5, 5.41) is 14.3. The van der Waals surface area contributed by atoms with Crippen LogP contribution in [0.4, 0.5) is 21.5 Å². The summed E-state index contributed by atoms with van der Waals surface area (Å²) in [6.45, 7) is 2.36. The van der Waals surface area contributed by atoms with E-state index >= 15 is 0 Å². The second kappa shape index (κ2) is 7.63. The highest BCUT2D eigenvalue weighted by Crippen LogP contribution is 2.35. The number of para-hydroxylation sites is 1. The van der Waals surface area contributed by atoms with Crippen molar-refractivity contribution in [3.8, 4) is 5.75 Å². The molecule has 1 N–H and O–H groups in total. The van der Waals surface area contributed by atoms with Gasteiger partial charge in [-0.2, -0.15) is 0 Å². The Morgan fingerprint density at radius 3 is 2.62 bits per heavy atom. The summed E-state index contributed by atoms with van der Waals surface area (Å²) in [7, 11) is 3.53. The Bertz CT molecular complexity index is 735. The van der Waals surface area contributed by atoms with Gasteiger partial charge < -0.3 is 15.0 Å². The Labute approximate surface area is 140 Å². The molecule has 0 spiro atoms. The van der Waals surface area contributed by atoms with Gasteiger partial charge in [-0.15, -0.1) is 0 Å². The molecule has 0 aliphatic rings. The molecule has 128 valence electrons. The summed E-state index contributed by atoms with van der Waals surface area (Å²) in [4.78, 5) is 12.5. The van der Waals surface area contributed by atoms with E-state index in [1.54, 1.807) is 56.3 Å². The summed E-state index contributed by atoms with van der Waals surface area (Å²) in [5.74, 6) is -0.126. The molecule has 2 aromatic carbocycles. The highest BCUT2D eigenvalue weighted by molar-refractivity contribution is 5.68. The van der Waals surface area contributed by atoms with Gasteiger partial charge in [0.15, 0.2) is 5.75 Å². The molecule has 0 amide bonds. The van der Waals surface area contributed by atoms with Crippen molar-refractivity contribution in [2.45, 2.75) is 13.5 Å². The minimum Gasteiger partial charge on any atom is -0.487 e. The van der Waals surface area contributed by atoms with Gasteiger partial charge in [-0.1, -0.05) is 12.1 Å². The van der Waals surface area contributed by atoms with Crippen molar-refractivity contribution in [3.05, 3.63) is 57.9 Å². The fourth-order valence-corrected chi connectivity index (χ4v) is 2.35. The number of nitrogens with zero attached hydrogens (tertiary/aromatic N) is 2. The summed E-state index contributed by atoms with van der Waals surface area (Å²) in [6.07, 6.45) is 0. The number of nitrogens with one attached hydrogen (secondary N) is 1. The van der Waals surface area contributed by atoms with Crippen molar-refractivity contribution in [3.63, 3.8) is 0 Å². The maximum atomic E-state index is 14.0. The molecule has 0 saturated heterocycles. The van der Waals surface area contributed by atoms with Gasteiger partial charge in [-0.3, -0.25) is 10.1 Å². The summed E-state index contributed by atoms with van der Waals surface area (Å²) in [6, 6.07) is 9.71. The van der Waals surface area contributed by atoms with Gasteiger partial charge in [0.1, 0.15) is 11.5 Å². The molecule has 24 heavy (non-hydrogen) atoms. The zero-order chi connectivity index (χ0) is 17.7. The summed E-state index contributed by atoms with van der Waals surface area (Å²) < 4.78 is 19.3. The predicted molar refractivity (Wildman–Crippen MR) is 92.3 cm³/mol. The van der Waals surface area contributed by atoms with E-state index in [1.165, 1.54) is 6.07 Å². The number of hydrogen-bond donors (Lipinski definition) is 1. The molecular formula is C17H20FN3O3. The highest BCUT2D eigenvalue weighted by atomic mass is 19.1. The number of nitro groups is 1. The van der Waals surface area contributed by atoms with E-state index in [2.05, 4.69) is 5.32 Å². The first kappa shape index (κ1) is 17.5. The lowest BCUT2D eigenvalue weighted by Gasteiger charge is -2.15. The van der Waals surface area contributed by atoms with E-state index in [1.807, 2.05) is 0 Å². The minimum absolute atomic E-state index is 0.121. The van der Waals surface area contributed by atoms with Crippen LogP contribution in [-0.4, -0.2) is 25.6 Å². The average molecular weight is 333 g/mol. The van der Waals surface area contributed by atoms with E-state index in [9.17, 15) is 14.5 Å². The number of anilines is 2. The molecule has 0 bridgehead atoms. The van der Waals surface area contributed by atoms with E-state index in [4.69, 9.17) is 4.74 Å². The molecule has 7 heteroatoms.